The molecule has 0 bridgehead atoms. The third kappa shape index (κ3) is 3.96. The number of ether oxygens (including phenoxy) is 1. The largest absolute Gasteiger partial charge is 0.462 e. The molecule has 0 aliphatic heterocycles. The Balaban J connectivity index is 1.43. The van der Waals surface area contributed by atoms with Gasteiger partial charge in [-0.1, -0.05) is 47.7 Å². The van der Waals surface area contributed by atoms with Crippen LogP contribution in [0.3, 0.4) is 0 Å². The second-order valence-corrected chi connectivity index (χ2v) is 8.37. The average Bonchev–Trinajstić information content (AvgIpc) is 3.52. The molecule has 0 spiro atoms. The fraction of sp³-hybridized carbons (Fsp3) is 0.120. The van der Waals surface area contributed by atoms with Crippen molar-refractivity contribution in [2.75, 3.05) is 6.61 Å². The van der Waals surface area contributed by atoms with Crippen LogP contribution in [0.4, 0.5) is 0 Å². The zero-order valence-corrected chi connectivity index (χ0v) is 18.8. The molecule has 0 unspecified atom stereocenters. The molecule has 8 heteroatoms. The van der Waals surface area contributed by atoms with Gasteiger partial charge in [-0.05, 0) is 43.7 Å². The lowest BCUT2D eigenvalue weighted by Crippen LogP contribution is -2.23. The summed E-state index contributed by atoms with van der Waals surface area (Å²) >= 11 is 1.26. The number of carbonyl (C=O) groups excluding carboxylic acids is 1. The Morgan fingerprint density at radius 1 is 1.12 bits per heavy atom. The summed E-state index contributed by atoms with van der Waals surface area (Å²) in [6.45, 7) is 4.08. The van der Waals surface area contributed by atoms with Crippen molar-refractivity contribution in [1.29, 1.82) is 0 Å². The standard InChI is InChI=1S/C25H19N3O4S/c1-3-31-24(30)17-10-8-16(9-11-17)20-13-12-18(32-20)14-21-23(29)28-25(33-21)26-22(27-28)19-7-5-4-6-15(19)2/h4-14H,3H2,1-2H3/b21-14+. The van der Waals surface area contributed by atoms with Crippen LogP contribution in [-0.2, 0) is 4.74 Å². The van der Waals surface area contributed by atoms with Crippen LogP contribution in [0.2, 0.25) is 0 Å². The third-order valence-corrected chi connectivity index (χ3v) is 6.11. The van der Waals surface area contributed by atoms with E-state index in [9.17, 15) is 9.59 Å². The molecule has 3 heterocycles. The molecule has 0 saturated carbocycles. The van der Waals surface area contributed by atoms with E-state index in [1.165, 1.54) is 15.9 Å². The molecular weight excluding hydrogens is 438 g/mol. The molecular formula is C25H19N3O4S. The second-order valence-electron chi connectivity index (χ2n) is 7.36. The smallest absolute Gasteiger partial charge is 0.338 e. The van der Waals surface area contributed by atoms with E-state index in [-0.39, 0.29) is 11.5 Å². The van der Waals surface area contributed by atoms with Gasteiger partial charge in [0.2, 0.25) is 4.96 Å². The van der Waals surface area contributed by atoms with Crippen molar-refractivity contribution in [2.24, 2.45) is 0 Å². The second kappa shape index (κ2) is 8.48. The molecule has 0 radical (unpaired) electrons. The fourth-order valence-corrected chi connectivity index (χ4v) is 4.36. The minimum absolute atomic E-state index is 0.237. The van der Waals surface area contributed by atoms with Crippen molar-refractivity contribution in [1.82, 2.24) is 14.6 Å². The lowest BCUT2D eigenvalue weighted by molar-refractivity contribution is 0.0526. The first-order chi connectivity index (χ1) is 16.0. The zero-order chi connectivity index (χ0) is 22.9. The van der Waals surface area contributed by atoms with E-state index in [0.717, 1.165) is 16.7 Å². The first kappa shape index (κ1) is 20.8. The molecule has 7 nitrogen and oxygen atoms in total. The highest BCUT2D eigenvalue weighted by molar-refractivity contribution is 7.15. The number of esters is 1. The molecule has 0 N–H and O–H groups in total. The van der Waals surface area contributed by atoms with E-state index < -0.39 is 0 Å². The molecule has 0 aliphatic carbocycles. The summed E-state index contributed by atoms with van der Waals surface area (Å²) in [6, 6.07) is 18.4. The highest BCUT2D eigenvalue weighted by atomic mass is 32.1. The van der Waals surface area contributed by atoms with E-state index in [4.69, 9.17) is 9.15 Å². The topological polar surface area (TPSA) is 86.7 Å². The summed E-state index contributed by atoms with van der Waals surface area (Å²) in [5.74, 6) is 1.35. The van der Waals surface area contributed by atoms with Gasteiger partial charge in [0.15, 0.2) is 5.82 Å². The molecule has 3 aromatic heterocycles. The van der Waals surface area contributed by atoms with Gasteiger partial charge in [0, 0.05) is 17.2 Å². The lowest BCUT2D eigenvalue weighted by Gasteiger charge is -2.02. The fourth-order valence-electron chi connectivity index (χ4n) is 3.47. The number of carbonyl (C=O) groups is 1. The highest BCUT2D eigenvalue weighted by Gasteiger charge is 2.14. The van der Waals surface area contributed by atoms with Gasteiger partial charge in [-0.15, -0.1) is 5.10 Å². The van der Waals surface area contributed by atoms with Gasteiger partial charge < -0.3 is 9.15 Å². The highest BCUT2D eigenvalue weighted by Crippen LogP contribution is 2.24. The van der Waals surface area contributed by atoms with Crippen LogP contribution in [0.1, 0.15) is 28.6 Å². The normalized spacial score (nSPS) is 11.9. The first-order valence-electron chi connectivity index (χ1n) is 10.4. The molecule has 0 saturated heterocycles. The summed E-state index contributed by atoms with van der Waals surface area (Å²) in [7, 11) is 0. The number of hydrogen-bond donors (Lipinski definition) is 0. The van der Waals surface area contributed by atoms with E-state index in [2.05, 4.69) is 10.1 Å². The monoisotopic (exact) mass is 457 g/mol. The lowest BCUT2D eigenvalue weighted by atomic mass is 10.1. The molecule has 33 heavy (non-hydrogen) atoms. The van der Waals surface area contributed by atoms with E-state index in [0.29, 0.717) is 39.0 Å². The van der Waals surface area contributed by atoms with Crippen molar-refractivity contribution in [3.63, 3.8) is 0 Å². The van der Waals surface area contributed by atoms with Crippen molar-refractivity contribution in [3.05, 3.63) is 92.4 Å². The van der Waals surface area contributed by atoms with Crippen LogP contribution in [0.25, 0.3) is 33.7 Å². The van der Waals surface area contributed by atoms with Crippen molar-refractivity contribution in [2.45, 2.75) is 13.8 Å². The van der Waals surface area contributed by atoms with Gasteiger partial charge in [0.05, 0.1) is 12.2 Å². The third-order valence-electron chi connectivity index (χ3n) is 5.15. The van der Waals surface area contributed by atoms with Gasteiger partial charge in [0.25, 0.3) is 5.56 Å². The van der Waals surface area contributed by atoms with Gasteiger partial charge in [0.1, 0.15) is 16.1 Å². The summed E-state index contributed by atoms with van der Waals surface area (Å²) in [4.78, 5) is 29.7. The molecule has 0 aliphatic rings. The summed E-state index contributed by atoms with van der Waals surface area (Å²) in [5.41, 5.74) is 3.01. The molecule has 0 amide bonds. The number of fused-ring (bicyclic) bond motifs is 1. The molecule has 0 fully saturated rings. The van der Waals surface area contributed by atoms with Crippen LogP contribution < -0.4 is 10.1 Å². The van der Waals surface area contributed by atoms with Crippen LogP contribution in [0, 0.1) is 6.92 Å². The Hall–Kier alpha value is -4.04. The van der Waals surface area contributed by atoms with Crippen molar-refractivity contribution in [3.8, 4) is 22.7 Å². The molecule has 5 rings (SSSR count). The van der Waals surface area contributed by atoms with Gasteiger partial charge in [-0.2, -0.15) is 9.50 Å². The Kier molecular flexibility index (Phi) is 5.35. The predicted octanol–water partition coefficient (Wildman–Crippen LogP) is 4.11. The molecule has 164 valence electrons. The minimum Gasteiger partial charge on any atom is -0.462 e. The first-order valence-corrected chi connectivity index (χ1v) is 11.2. The van der Waals surface area contributed by atoms with E-state index in [1.54, 1.807) is 43.3 Å². The van der Waals surface area contributed by atoms with Gasteiger partial charge >= 0.3 is 5.97 Å². The van der Waals surface area contributed by atoms with Crippen molar-refractivity contribution >= 4 is 28.3 Å². The molecule has 5 aromatic rings. The van der Waals surface area contributed by atoms with Gasteiger partial charge in [-0.3, -0.25) is 4.79 Å². The van der Waals surface area contributed by atoms with Crippen LogP contribution in [0.15, 0.2) is 69.9 Å². The van der Waals surface area contributed by atoms with Gasteiger partial charge in [-0.25, -0.2) is 4.79 Å². The maximum absolute atomic E-state index is 12.8. The maximum atomic E-state index is 12.8. The zero-order valence-electron chi connectivity index (χ0n) is 17.9. The Morgan fingerprint density at radius 3 is 2.64 bits per heavy atom. The number of aromatic nitrogens is 3. The average molecular weight is 458 g/mol. The summed E-state index contributed by atoms with van der Waals surface area (Å²) < 4.78 is 12.7. The number of nitrogens with zero attached hydrogens (tertiary/aromatic N) is 3. The maximum Gasteiger partial charge on any atom is 0.338 e. The number of thiazole rings is 1. The number of furan rings is 1. The number of aryl methyl sites for hydroxylation is 1. The number of benzene rings is 2. The summed E-state index contributed by atoms with van der Waals surface area (Å²) in [5, 5.41) is 4.41. The van der Waals surface area contributed by atoms with Crippen LogP contribution >= 0.6 is 11.3 Å². The minimum atomic E-state index is -0.359. The van der Waals surface area contributed by atoms with E-state index in [1.807, 2.05) is 37.3 Å². The molecule has 0 atom stereocenters. The Bertz CT molecular complexity index is 1580. The molecule has 2 aromatic carbocycles. The Labute approximate surface area is 192 Å². The Morgan fingerprint density at radius 2 is 1.91 bits per heavy atom. The number of hydrogen-bond acceptors (Lipinski definition) is 7. The SMILES string of the molecule is CCOC(=O)c1ccc(-c2ccc(/C=c3/sc4nc(-c5ccccc5C)nn4c3=O)o2)cc1. The predicted molar refractivity (Wildman–Crippen MR) is 126 cm³/mol. The summed E-state index contributed by atoms with van der Waals surface area (Å²) in [6.07, 6.45) is 1.69. The quantitative estimate of drug-likeness (QED) is 0.369. The van der Waals surface area contributed by atoms with Crippen LogP contribution in [-0.4, -0.2) is 27.2 Å². The number of rotatable bonds is 5. The van der Waals surface area contributed by atoms with Crippen LogP contribution in [0.5, 0.6) is 0 Å². The van der Waals surface area contributed by atoms with E-state index >= 15 is 0 Å². The van der Waals surface area contributed by atoms with Crippen molar-refractivity contribution < 1.29 is 13.9 Å².